The number of benzene rings is 2. The van der Waals surface area contributed by atoms with E-state index in [1.54, 1.807) is 31.4 Å². The highest BCUT2D eigenvalue weighted by atomic mass is 79.9. The minimum atomic E-state index is 0.280. The summed E-state index contributed by atoms with van der Waals surface area (Å²) in [7, 11) is 1.59. The molecule has 0 aromatic heterocycles. The Labute approximate surface area is 137 Å². The Balaban J connectivity index is 2.26. The van der Waals surface area contributed by atoms with Crippen LogP contribution < -0.4 is 9.47 Å². The van der Waals surface area contributed by atoms with Gasteiger partial charge in [-0.05, 0) is 24.3 Å². The maximum Gasteiger partial charge on any atom is 0.142 e. The zero-order valence-electron chi connectivity index (χ0n) is 11.4. The molecule has 0 saturated heterocycles. The summed E-state index contributed by atoms with van der Waals surface area (Å²) in [5, 5.41) is 10.2. The van der Waals surface area contributed by atoms with Crippen LogP contribution in [0.3, 0.4) is 0 Å². The fraction of sp³-hybridized carbons (Fsp3) is 0.188. The maximum atomic E-state index is 8.98. The van der Waals surface area contributed by atoms with Crippen LogP contribution in [0.5, 0.6) is 11.5 Å². The lowest BCUT2D eigenvalue weighted by molar-refractivity contribution is 0.295. The second-order valence-electron chi connectivity index (χ2n) is 4.29. The summed E-state index contributed by atoms with van der Waals surface area (Å²) < 4.78 is 11.1. The summed E-state index contributed by atoms with van der Waals surface area (Å²) in [6, 6.07) is 12.9. The van der Waals surface area contributed by atoms with Crippen molar-refractivity contribution in [1.82, 2.24) is 0 Å². The molecule has 0 radical (unpaired) electrons. The third-order valence-corrected chi connectivity index (χ3v) is 3.88. The number of methoxy groups -OCH3 is 1. The zero-order valence-corrected chi connectivity index (χ0v) is 13.7. The Kier molecular flexibility index (Phi) is 5.49. The van der Waals surface area contributed by atoms with Gasteiger partial charge in [0.15, 0.2) is 0 Å². The molecule has 0 bridgehead atoms. The van der Waals surface area contributed by atoms with Gasteiger partial charge >= 0.3 is 0 Å². The molecule has 0 aliphatic carbocycles. The fourth-order valence-electron chi connectivity index (χ4n) is 1.93. The van der Waals surface area contributed by atoms with Crippen molar-refractivity contribution in [2.75, 3.05) is 7.11 Å². The number of alkyl halides is 1. The van der Waals surface area contributed by atoms with Gasteiger partial charge in [-0.3, -0.25) is 0 Å². The quantitative estimate of drug-likeness (QED) is 0.721. The van der Waals surface area contributed by atoms with Crippen LogP contribution in [-0.4, -0.2) is 7.11 Å². The van der Waals surface area contributed by atoms with Crippen LogP contribution in [0, 0.1) is 11.3 Å². The van der Waals surface area contributed by atoms with E-state index in [4.69, 9.17) is 26.3 Å². The molecule has 5 heteroatoms. The van der Waals surface area contributed by atoms with E-state index in [2.05, 4.69) is 22.0 Å². The van der Waals surface area contributed by atoms with E-state index in [1.807, 2.05) is 12.1 Å². The van der Waals surface area contributed by atoms with Gasteiger partial charge in [-0.1, -0.05) is 39.7 Å². The Morgan fingerprint density at radius 2 is 2.05 bits per heavy atom. The van der Waals surface area contributed by atoms with E-state index < -0.39 is 0 Å². The van der Waals surface area contributed by atoms with Crippen molar-refractivity contribution < 1.29 is 9.47 Å². The Morgan fingerprint density at radius 1 is 1.24 bits per heavy atom. The van der Waals surface area contributed by atoms with Gasteiger partial charge in [0.2, 0.25) is 0 Å². The van der Waals surface area contributed by atoms with Crippen LogP contribution in [0.15, 0.2) is 36.4 Å². The number of nitriles is 1. The average Bonchev–Trinajstić information content (AvgIpc) is 2.53. The molecule has 21 heavy (non-hydrogen) atoms. The molecule has 0 heterocycles. The van der Waals surface area contributed by atoms with E-state index in [0.717, 1.165) is 11.1 Å². The van der Waals surface area contributed by atoms with E-state index in [-0.39, 0.29) is 6.61 Å². The number of nitrogens with zero attached hydrogens (tertiary/aromatic N) is 1. The maximum absolute atomic E-state index is 8.98. The normalized spacial score (nSPS) is 10.0. The molecule has 0 unspecified atom stereocenters. The standard InChI is InChI=1S/C16H13BrClNO2/c1-20-15-6-5-11(9-19)7-13(15)10-21-16-12(8-17)3-2-4-14(16)18/h2-7H,8,10H2,1H3. The topological polar surface area (TPSA) is 42.2 Å². The molecule has 2 aromatic rings. The summed E-state index contributed by atoms with van der Waals surface area (Å²) in [5.74, 6) is 1.32. The summed E-state index contributed by atoms with van der Waals surface area (Å²) in [4.78, 5) is 0. The smallest absolute Gasteiger partial charge is 0.142 e. The second kappa shape index (κ2) is 7.35. The fourth-order valence-corrected chi connectivity index (χ4v) is 2.62. The first-order valence-electron chi connectivity index (χ1n) is 6.22. The highest BCUT2D eigenvalue weighted by Crippen LogP contribution is 2.31. The average molecular weight is 367 g/mol. The summed E-state index contributed by atoms with van der Waals surface area (Å²) >= 11 is 9.59. The Morgan fingerprint density at radius 3 is 2.71 bits per heavy atom. The van der Waals surface area contributed by atoms with Crippen LogP contribution in [-0.2, 0) is 11.9 Å². The minimum Gasteiger partial charge on any atom is -0.496 e. The Bertz CT molecular complexity index is 682. The van der Waals surface area contributed by atoms with Crippen LogP contribution in [0.2, 0.25) is 5.02 Å². The van der Waals surface area contributed by atoms with E-state index in [0.29, 0.717) is 27.4 Å². The lowest BCUT2D eigenvalue weighted by Gasteiger charge is -2.14. The lowest BCUT2D eigenvalue weighted by Crippen LogP contribution is -2.01. The molecule has 3 nitrogen and oxygen atoms in total. The van der Waals surface area contributed by atoms with Crippen LogP contribution in [0.4, 0.5) is 0 Å². The van der Waals surface area contributed by atoms with E-state index in [1.165, 1.54) is 0 Å². The number of halogens is 2. The van der Waals surface area contributed by atoms with Crippen molar-refractivity contribution in [2.45, 2.75) is 11.9 Å². The molecule has 0 spiro atoms. The number of para-hydroxylation sites is 1. The lowest BCUT2D eigenvalue weighted by atomic mass is 10.1. The number of hydrogen-bond acceptors (Lipinski definition) is 3. The number of rotatable bonds is 5. The van der Waals surface area contributed by atoms with Crippen molar-refractivity contribution in [3.05, 3.63) is 58.1 Å². The predicted molar refractivity (Wildman–Crippen MR) is 86.1 cm³/mol. The van der Waals surface area contributed by atoms with E-state index >= 15 is 0 Å². The van der Waals surface area contributed by atoms with Crippen LogP contribution in [0.25, 0.3) is 0 Å². The van der Waals surface area contributed by atoms with Crippen molar-refractivity contribution in [3.63, 3.8) is 0 Å². The van der Waals surface area contributed by atoms with E-state index in [9.17, 15) is 0 Å². The molecule has 108 valence electrons. The number of ether oxygens (including phenoxy) is 2. The molecular weight excluding hydrogens is 354 g/mol. The molecule has 2 rings (SSSR count). The molecule has 0 amide bonds. The third-order valence-electron chi connectivity index (χ3n) is 2.97. The van der Waals surface area contributed by atoms with Gasteiger partial charge in [0, 0.05) is 16.5 Å². The predicted octanol–water partition coefficient (Wildman–Crippen LogP) is 4.69. The minimum absolute atomic E-state index is 0.280. The van der Waals surface area contributed by atoms with Crippen molar-refractivity contribution in [1.29, 1.82) is 5.26 Å². The molecule has 0 aliphatic rings. The molecule has 0 fully saturated rings. The van der Waals surface area contributed by atoms with Gasteiger partial charge in [-0.2, -0.15) is 5.26 Å². The largest absolute Gasteiger partial charge is 0.496 e. The van der Waals surface area contributed by atoms with Crippen molar-refractivity contribution >= 4 is 27.5 Å². The first kappa shape index (κ1) is 15.7. The molecule has 0 N–H and O–H groups in total. The van der Waals surface area contributed by atoms with Gasteiger partial charge in [0.1, 0.15) is 18.1 Å². The summed E-state index contributed by atoms with van der Waals surface area (Å²) in [5.41, 5.74) is 2.34. The van der Waals surface area contributed by atoms with Gasteiger partial charge in [-0.15, -0.1) is 0 Å². The SMILES string of the molecule is COc1ccc(C#N)cc1COc1c(Cl)cccc1CBr. The zero-order chi connectivity index (χ0) is 15.2. The van der Waals surface area contributed by atoms with Gasteiger partial charge in [-0.25, -0.2) is 0 Å². The molecular formula is C16H13BrClNO2. The van der Waals surface area contributed by atoms with Crippen LogP contribution in [0.1, 0.15) is 16.7 Å². The first-order chi connectivity index (χ1) is 10.2. The van der Waals surface area contributed by atoms with Gasteiger partial charge in [0.05, 0.1) is 23.8 Å². The molecule has 0 saturated carbocycles. The number of hydrogen-bond donors (Lipinski definition) is 0. The monoisotopic (exact) mass is 365 g/mol. The molecule has 2 aromatic carbocycles. The van der Waals surface area contributed by atoms with Crippen molar-refractivity contribution in [3.8, 4) is 17.6 Å². The Hall–Kier alpha value is -1.70. The van der Waals surface area contributed by atoms with Crippen LogP contribution >= 0.6 is 27.5 Å². The highest BCUT2D eigenvalue weighted by Gasteiger charge is 2.10. The molecule has 0 atom stereocenters. The third kappa shape index (κ3) is 3.69. The highest BCUT2D eigenvalue weighted by molar-refractivity contribution is 9.08. The van der Waals surface area contributed by atoms with Gasteiger partial charge < -0.3 is 9.47 Å². The summed E-state index contributed by atoms with van der Waals surface area (Å²) in [6.07, 6.45) is 0. The van der Waals surface area contributed by atoms with Gasteiger partial charge in [0.25, 0.3) is 0 Å². The molecule has 0 aliphatic heterocycles. The summed E-state index contributed by atoms with van der Waals surface area (Å²) in [6.45, 7) is 0.280. The van der Waals surface area contributed by atoms with Crippen molar-refractivity contribution in [2.24, 2.45) is 0 Å². The first-order valence-corrected chi connectivity index (χ1v) is 7.72. The second-order valence-corrected chi connectivity index (χ2v) is 5.26.